The molecule has 0 unspecified atom stereocenters. The Morgan fingerprint density at radius 3 is 2.62 bits per heavy atom. The van der Waals surface area contributed by atoms with Crippen LogP contribution in [0.2, 0.25) is 0 Å². The first-order chi connectivity index (χ1) is 6.09. The number of likely N-dealkylation sites (tertiary alicyclic amines) is 1. The molecule has 1 aliphatic rings. The number of nitrogens with one attached hydrogen (secondary N) is 1. The molecule has 1 heterocycles. The van der Waals surface area contributed by atoms with E-state index in [1.54, 1.807) is 4.90 Å². The average molecular weight is 186 g/mol. The molecule has 1 rings (SSSR count). The highest BCUT2D eigenvalue weighted by Crippen LogP contribution is 2.06. The number of hydrogen-bond acceptors (Lipinski definition) is 3. The third-order valence-corrected chi connectivity index (χ3v) is 2.10. The van der Waals surface area contributed by atoms with E-state index in [1.165, 1.54) is 6.92 Å². The topological polar surface area (TPSA) is 69.6 Å². The number of carbonyl (C=O) groups is 2. The predicted octanol–water partition coefficient (Wildman–Crippen LogP) is -0.719. The number of nitrogens with zero attached hydrogens (tertiary/aromatic N) is 1. The highest BCUT2D eigenvalue weighted by atomic mass is 16.4. The van der Waals surface area contributed by atoms with Gasteiger partial charge in [-0.3, -0.25) is 9.59 Å². The van der Waals surface area contributed by atoms with Crippen LogP contribution in [0.15, 0.2) is 0 Å². The molecule has 0 spiro atoms. The van der Waals surface area contributed by atoms with Gasteiger partial charge in [-0.2, -0.15) is 0 Å². The Morgan fingerprint density at radius 2 is 2.15 bits per heavy atom. The Balaban J connectivity index is 2.02. The summed E-state index contributed by atoms with van der Waals surface area (Å²) in [7, 11) is 0. The number of carboxylic acids is 1. The zero-order valence-corrected chi connectivity index (χ0v) is 7.62. The molecule has 1 fully saturated rings. The Hall–Kier alpha value is -1.10. The maximum Gasteiger partial charge on any atom is 0.304 e. The Labute approximate surface area is 76.7 Å². The summed E-state index contributed by atoms with van der Waals surface area (Å²) in [6.45, 7) is 3.42. The fourth-order valence-corrected chi connectivity index (χ4v) is 1.25. The van der Waals surface area contributed by atoms with E-state index in [9.17, 15) is 9.59 Å². The molecule has 1 amide bonds. The highest BCUT2D eigenvalue weighted by Gasteiger charge is 2.27. The number of hydrogen-bond donors (Lipinski definition) is 2. The van der Waals surface area contributed by atoms with Crippen LogP contribution in [0.1, 0.15) is 13.3 Å². The first kappa shape index (κ1) is 9.98. The number of carbonyl (C=O) groups excluding carboxylic acids is 1. The number of amides is 1. The van der Waals surface area contributed by atoms with Crippen molar-refractivity contribution < 1.29 is 14.7 Å². The van der Waals surface area contributed by atoms with Crippen LogP contribution in [-0.2, 0) is 9.59 Å². The normalized spacial score (nSPS) is 16.8. The lowest BCUT2D eigenvalue weighted by Crippen LogP contribution is -2.59. The second kappa shape index (κ2) is 4.23. The van der Waals surface area contributed by atoms with Crippen molar-refractivity contribution in [2.75, 3.05) is 19.6 Å². The van der Waals surface area contributed by atoms with E-state index in [0.717, 1.165) is 0 Å². The van der Waals surface area contributed by atoms with Crippen molar-refractivity contribution in [2.24, 2.45) is 0 Å². The van der Waals surface area contributed by atoms with Gasteiger partial charge in [0, 0.05) is 32.6 Å². The summed E-state index contributed by atoms with van der Waals surface area (Å²) in [5.41, 5.74) is 0. The average Bonchev–Trinajstić information content (AvgIpc) is 1.92. The number of carboxylic acid groups (broad SMARTS) is 1. The predicted molar refractivity (Wildman–Crippen MR) is 46.3 cm³/mol. The fourth-order valence-electron chi connectivity index (χ4n) is 1.25. The van der Waals surface area contributed by atoms with Crippen LogP contribution in [0.4, 0.5) is 0 Å². The summed E-state index contributed by atoms with van der Waals surface area (Å²) >= 11 is 0. The molecule has 0 aromatic rings. The molecule has 0 bridgehead atoms. The first-order valence-corrected chi connectivity index (χ1v) is 4.30. The molecule has 2 N–H and O–H groups in total. The van der Waals surface area contributed by atoms with Crippen molar-refractivity contribution >= 4 is 11.9 Å². The SMILES string of the molecule is CC(=O)N1CC(NCCC(=O)O)C1. The van der Waals surface area contributed by atoms with Gasteiger partial charge >= 0.3 is 5.97 Å². The monoisotopic (exact) mass is 186 g/mol. The number of aliphatic carboxylic acids is 1. The minimum absolute atomic E-state index is 0.0799. The van der Waals surface area contributed by atoms with Crippen molar-refractivity contribution in [1.82, 2.24) is 10.2 Å². The van der Waals surface area contributed by atoms with Crippen molar-refractivity contribution in [3.63, 3.8) is 0 Å². The summed E-state index contributed by atoms with van der Waals surface area (Å²) in [6.07, 6.45) is 0.135. The van der Waals surface area contributed by atoms with Crippen LogP contribution in [0, 0.1) is 0 Å². The molecule has 0 aromatic carbocycles. The van der Waals surface area contributed by atoms with Gasteiger partial charge in [-0.15, -0.1) is 0 Å². The van der Waals surface area contributed by atoms with Crippen LogP contribution in [0.25, 0.3) is 0 Å². The molecule has 0 atom stereocenters. The van der Waals surface area contributed by atoms with Crippen molar-refractivity contribution in [2.45, 2.75) is 19.4 Å². The maximum absolute atomic E-state index is 10.8. The van der Waals surface area contributed by atoms with Crippen LogP contribution in [0.3, 0.4) is 0 Å². The molecule has 74 valence electrons. The largest absolute Gasteiger partial charge is 0.481 e. The molecule has 1 saturated heterocycles. The standard InChI is InChI=1S/C8H14N2O3/c1-6(11)10-4-7(5-10)9-3-2-8(12)13/h7,9H,2-5H2,1H3,(H,12,13). The van der Waals surface area contributed by atoms with Crippen molar-refractivity contribution in [1.29, 1.82) is 0 Å². The Kier molecular flexibility index (Phi) is 3.25. The first-order valence-electron chi connectivity index (χ1n) is 4.30. The summed E-state index contributed by atoms with van der Waals surface area (Å²) in [5.74, 6) is -0.716. The molecule has 0 aliphatic carbocycles. The second-order valence-corrected chi connectivity index (χ2v) is 3.22. The quantitative estimate of drug-likeness (QED) is 0.608. The van der Waals surface area contributed by atoms with Gasteiger partial charge in [0.05, 0.1) is 6.42 Å². The third kappa shape index (κ3) is 3.02. The smallest absolute Gasteiger partial charge is 0.304 e. The van der Waals surface area contributed by atoms with Gasteiger partial charge in [0.2, 0.25) is 5.91 Å². The molecule has 1 aliphatic heterocycles. The second-order valence-electron chi connectivity index (χ2n) is 3.22. The van der Waals surface area contributed by atoms with Crippen LogP contribution in [0.5, 0.6) is 0 Å². The lowest BCUT2D eigenvalue weighted by atomic mass is 10.1. The van der Waals surface area contributed by atoms with E-state index in [2.05, 4.69) is 5.32 Å². The zero-order chi connectivity index (χ0) is 9.84. The van der Waals surface area contributed by atoms with Crippen molar-refractivity contribution in [3.8, 4) is 0 Å². The summed E-state index contributed by atoms with van der Waals surface area (Å²) in [6, 6.07) is 0.281. The molecule has 5 nitrogen and oxygen atoms in total. The van der Waals surface area contributed by atoms with Crippen LogP contribution in [-0.4, -0.2) is 47.6 Å². The van der Waals surface area contributed by atoms with E-state index in [1.807, 2.05) is 0 Å². The van der Waals surface area contributed by atoms with E-state index < -0.39 is 5.97 Å². The molecule has 0 radical (unpaired) electrons. The van der Waals surface area contributed by atoms with Gasteiger partial charge < -0.3 is 15.3 Å². The van der Waals surface area contributed by atoms with Gasteiger partial charge in [0.25, 0.3) is 0 Å². The van der Waals surface area contributed by atoms with Crippen LogP contribution >= 0.6 is 0 Å². The fraction of sp³-hybridized carbons (Fsp3) is 0.750. The molecule has 0 aromatic heterocycles. The molecule has 5 heteroatoms. The van der Waals surface area contributed by atoms with Gasteiger partial charge in [-0.1, -0.05) is 0 Å². The van der Waals surface area contributed by atoms with Gasteiger partial charge in [-0.25, -0.2) is 0 Å². The minimum Gasteiger partial charge on any atom is -0.481 e. The minimum atomic E-state index is -0.796. The molecule has 13 heavy (non-hydrogen) atoms. The summed E-state index contributed by atoms with van der Waals surface area (Å²) < 4.78 is 0. The molecule has 0 saturated carbocycles. The Bertz CT molecular complexity index is 211. The van der Waals surface area contributed by atoms with Gasteiger partial charge in [0.1, 0.15) is 0 Å². The summed E-state index contributed by atoms with van der Waals surface area (Å²) in [4.78, 5) is 22.6. The van der Waals surface area contributed by atoms with E-state index in [0.29, 0.717) is 19.6 Å². The van der Waals surface area contributed by atoms with E-state index in [-0.39, 0.29) is 18.4 Å². The number of rotatable bonds is 4. The van der Waals surface area contributed by atoms with E-state index in [4.69, 9.17) is 5.11 Å². The zero-order valence-electron chi connectivity index (χ0n) is 7.62. The molecular formula is C8H14N2O3. The van der Waals surface area contributed by atoms with Gasteiger partial charge in [0.15, 0.2) is 0 Å². The van der Waals surface area contributed by atoms with Gasteiger partial charge in [-0.05, 0) is 0 Å². The lowest BCUT2D eigenvalue weighted by Gasteiger charge is -2.39. The maximum atomic E-state index is 10.8. The van der Waals surface area contributed by atoms with E-state index >= 15 is 0 Å². The van der Waals surface area contributed by atoms with Crippen molar-refractivity contribution in [3.05, 3.63) is 0 Å². The lowest BCUT2D eigenvalue weighted by molar-refractivity contribution is -0.137. The third-order valence-electron chi connectivity index (χ3n) is 2.10. The summed E-state index contributed by atoms with van der Waals surface area (Å²) in [5, 5.41) is 11.4. The Morgan fingerprint density at radius 1 is 1.54 bits per heavy atom. The van der Waals surface area contributed by atoms with Crippen LogP contribution < -0.4 is 5.32 Å². The highest BCUT2D eigenvalue weighted by molar-refractivity contribution is 5.74. The molecular weight excluding hydrogens is 172 g/mol.